The van der Waals surface area contributed by atoms with Crippen LogP contribution in [0.25, 0.3) is 0 Å². The SMILES string of the molecule is CNS(=O)(=O)CCNC(=O)C(C)C1CNC1. The van der Waals surface area contributed by atoms with Gasteiger partial charge in [0, 0.05) is 12.5 Å². The highest BCUT2D eigenvalue weighted by atomic mass is 32.2. The van der Waals surface area contributed by atoms with Crippen molar-refractivity contribution in [3.8, 4) is 0 Å². The third kappa shape index (κ3) is 3.73. The highest BCUT2D eigenvalue weighted by molar-refractivity contribution is 7.89. The molecular formula is C9H19N3O3S. The lowest BCUT2D eigenvalue weighted by Crippen LogP contribution is -2.50. The second-order valence-electron chi connectivity index (χ2n) is 4.02. The molecule has 1 aliphatic heterocycles. The number of sulfonamides is 1. The first-order valence-corrected chi connectivity index (χ1v) is 7.01. The molecule has 0 spiro atoms. The van der Waals surface area contributed by atoms with Crippen LogP contribution in [0.15, 0.2) is 0 Å². The normalized spacial score (nSPS) is 18.9. The molecule has 0 bridgehead atoms. The molecule has 1 fully saturated rings. The van der Waals surface area contributed by atoms with Crippen molar-refractivity contribution >= 4 is 15.9 Å². The Labute approximate surface area is 96.2 Å². The molecule has 0 aromatic carbocycles. The minimum absolute atomic E-state index is 0.0569. The van der Waals surface area contributed by atoms with Crippen LogP contribution in [0.2, 0.25) is 0 Å². The largest absolute Gasteiger partial charge is 0.355 e. The van der Waals surface area contributed by atoms with Gasteiger partial charge in [-0.25, -0.2) is 13.1 Å². The van der Waals surface area contributed by atoms with Crippen molar-refractivity contribution in [3.05, 3.63) is 0 Å². The summed E-state index contributed by atoms with van der Waals surface area (Å²) in [5.74, 6) is 0.169. The van der Waals surface area contributed by atoms with Gasteiger partial charge in [-0.1, -0.05) is 6.92 Å². The molecule has 0 aliphatic carbocycles. The van der Waals surface area contributed by atoms with Crippen molar-refractivity contribution < 1.29 is 13.2 Å². The van der Waals surface area contributed by atoms with Gasteiger partial charge in [0.1, 0.15) is 0 Å². The van der Waals surface area contributed by atoms with E-state index in [-0.39, 0.29) is 24.1 Å². The van der Waals surface area contributed by atoms with Crippen LogP contribution in [0.5, 0.6) is 0 Å². The van der Waals surface area contributed by atoms with Gasteiger partial charge in [-0.05, 0) is 26.1 Å². The zero-order valence-corrected chi connectivity index (χ0v) is 10.4. The summed E-state index contributed by atoms with van der Waals surface area (Å²) in [4.78, 5) is 11.6. The molecule has 0 aromatic heterocycles. The summed E-state index contributed by atoms with van der Waals surface area (Å²) in [5.41, 5.74) is 0. The van der Waals surface area contributed by atoms with Crippen molar-refractivity contribution in [1.82, 2.24) is 15.4 Å². The summed E-state index contributed by atoms with van der Waals surface area (Å²) in [7, 11) is -1.87. The van der Waals surface area contributed by atoms with Crippen molar-refractivity contribution in [2.24, 2.45) is 11.8 Å². The minimum atomic E-state index is -3.23. The highest BCUT2D eigenvalue weighted by Gasteiger charge is 2.28. The van der Waals surface area contributed by atoms with E-state index in [9.17, 15) is 13.2 Å². The Hall–Kier alpha value is -0.660. The van der Waals surface area contributed by atoms with E-state index >= 15 is 0 Å². The highest BCUT2D eigenvalue weighted by Crippen LogP contribution is 2.15. The molecule has 16 heavy (non-hydrogen) atoms. The van der Waals surface area contributed by atoms with Gasteiger partial charge in [-0.2, -0.15) is 0 Å². The molecule has 0 radical (unpaired) electrons. The summed E-state index contributed by atoms with van der Waals surface area (Å²) >= 11 is 0. The molecule has 7 heteroatoms. The molecular weight excluding hydrogens is 230 g/mol. The van der Waals surface area contributed by atoms with Crippen LogP contribution in [0.4, 0.5) is 0 Å². The summed E-state index contributed by atoms with van der Waals surface area (Å²) in [6.07, 6.45) is 0. The lowest BCUT2D eigenvalue weighted by molar-refractivity contribution is -0.126. The van der Waals surface area contributed by atoms with Crippen LogP contribution >= 0.6 is 0 Å². The molecule has 3 N–H and O–H groups in total. The van der Waals surface area contributed by atoms with Gasteiger partial charge in [0.2, 0.25) is 15.9 Å². The van der Waals surface area contributed by atoms with Crippen LogP contribution in [-0.4, -0.2) is 46.8 Å². The topological polar surface area (TPSA) is 87.3 Å². The number of carbonyl (C=O) groups is 1. The standard InChI is InChI=1S/C9H19N3O3S/c1-7(8-5-11-6-8)9(13)12-3-4-16(14,15)10-2/h7-8,10-11H,3-6H2,1-2H3,(H,12,13). The molecule has 1 saturated heterocycles. The van der Waals surface area contributed by atoms with Crippen LogP contribution < -0.4 is 15.4 Å². The van der Waals surface area contributed by atoms with Crippen molar-refractivity contribution in [2.75, 3.05) is 32.4 Å². The Morgan fingerprint density at radius 1 is 1.50 bits per heavy atom. The van der Waals surface area contributed by atoms with Gasteiger partial charge < -0.3 is 10.6 Å². The third-order valence-corrected chi connectivity index (χ3v) is 4.28. The number of nitrogens with one attached hydrogen (secondary N) is 3. The van der Waals surface area contributed by atoms with Gasteiger partial charge in [0.05, 0.1) is 5.75 Å². The van der Waals surface area contributed by atoms with E-state index in [0.29, 0.717) is 5.92 Å². The second kappa shape index (κ2) is 5.60. The Balaban J connectivity index is 2.24. The van der Waals surface area contributed by atoms with Gasteiger partial charge in [0.25, 0.3) is 0 Å². The number of hydrogen-bond acceptors (Lipinski definition) is 4. The first-order valence-electron chi connectivity index (χ1n) is 5.36. The molecule has 1 heterocycles. The number of rotatable bonds is 6. The zero-order chi connectivity index (χ0) is 12.2. The Kier molecular flexibility index (Phi) is 4.69. The van der Waals surface area contributed by atoms with E-state index in [1.54, 1.807) is 0 Å². The summed E-state index contributed by atoms with van der Waals surface area (Å²) in [6.45, 7) is 3.76. The maximum Gasteiger partial charge on any atom is 0.223 e. The maximum absolute atomic E-state index is 11.6. The first-order chi connectivity index (χ1) is 7.46. The maximum atomic E-state index is 11.6. The molecule has 0 aromatic rings. The smallest absolute Gasteiger partial charge is 0.223 e. The molecule has 0 saturated carbocycles. The average molecular weight is 249 g/mol. The van der Waals surface area contributed by atoms with E-state index in [4.69, 9.17) is 0 Å². The Morgan fingerprint density at radius 2 is 2.12 bits per heavy atom. The van der Waals surface area contributed by atoms with Crippen molar-refractivity contribution in [3.63, 3.8) is 0 Å². The molecule has 1 unspecified atom stereocenters. The summed E-state index contributed by atoms with van der Waals surface area (Å²) in [6, 6.07) is 0. The van der Waals surface area contributed by atoms with Crippen LogP contribution in [0.3, 0.4) is 0 Å². The second-order valence-corrected chi connectivity index (χ2v) is 6.07. The summed E-state index contributed by atoms with van der Waals surface area (Å²) in [5, 5.41) is 5.74. The minimum Gasteiger partial charge on any atom is -0.355 e. The lowest BCUT2D eigenvalue weighted by atomic mass is 9.88. The van der Waals surface area contributed by atoms with Crippen LogP contribution in [0, 0.1) is 11.8 Å². The monoisotopic (exact) mass is 249 g/mol. The number of hydrogen-bond donors (Lipinski definition) is 3. The Morgan fingerprint density at radius 3 is 2.56 bits per heavy atom. The number of carbonyl (C=O) groups excluding carboxylic acids is 1. The van der Waals surface area contributed by atoms with Crippen LogP contribution in [-0.2, 0) is 14.8 Å². The molecule has 94 valence electrons. The van der Waals surface area contributed by atoms with E-state index in [2.05, 4.69) is 15.4 Å². The Bertz CT molecular complexity index is 338. The lowest BCUT2D eigenvalue weighted by Gasteiger charge is -2.31. The van der Waals surface area contributed by atoms with Gasteiger partial charge in [0.15, 0.2) is 0 Å². The third-order valence-electron chi connectivity index (χ3n) is 2.91. The van der Waals surface area contributed by atoms with E-state index in [1.807, 2.05) is 6.92 Å². The van der Waals surface area contributed by atoms with Gasteiger partial charge >= 0.3 is 0 Å². The molecule has 1 atom stereocenters. The van der Waals surface area contributed by atoms with Crippen molar-refractivity contribution in [1.29, 1.82) is 0 Å². The molecule has 1 amide bonds. The predicted octanol–water partition coefficient (Wildman–Crippen LogP) is -1.49. The number of amides is 1. The first kappa shape index (κ1) is 13.4. The molecule has 1 aliphatic rings. The quantitative estimate of drug-likeness (QED) is 0.535. The summed E-state index contributed by atoms with van der Waals surface area (Å²) < 4.78 is 24.4. The average Bonchev–Trinajstić information content (AvgIpc) is 2.14. The van der Waals surface area contributed by atoms with Gasteiger partial charge in [-0.3, -0.25) is 4.79 Å². The van der Waals surface area contributed by atoms with Gasteiger partial charge in [-0.15, -0.1) is 0 Å². The van der Waals surface area contributed by atoms with E-state index in [1.165, 1.54) is 7.05 Å². The molecule has 6 nitrogen and oxygen atoms in total. The van der Waals surface area contributed by atoms with E-state index < -0.39 is 10.0 Å². The van der Waals surface area contributed by atoms with Crippen molar-refractivity contribution in [2.45, 2.75) is 6.92 Å². The zero-order valence-electron chi connectivity index (χ0n) is 9.62. The van der Waals surface area contributed by atoms with E-state index in [0.717, 1.165) is 13.1 Å². The molecule has 1 rings (SSSR count). The predicted molar refractivity (Wildman–Crippen MR) is 61.4 cm³/mol. The fraction of sp³-hybridized carbons (Fsp3) is 0.889. The fourth-order valence-corrected chi connectivity index (χ4v) is 2.03. The fourth-order valence-electron chi connectivity index (χ4n) is 1.45. The van der Waals surface area contributed by atoms with Crippen LogP contribution in [0.1, 0.15) is 6.92 Å².